The molecule has 2 fully saturated rings. The summed E-state index contributed by atoms with van der Waals surface area (Å²) in [7, 11) is 1.65. The molecule has 5 rings (SSSR count). The van der Waals surface area contributed by atoms with Crippen molar-refractivity contribution >= 4 is 10.9 Å². The minimum absolute atomic E-state index is 0.226. The van der Waals surface area contributed by atoms with Crippen LogP contribution in [-0.4, -0.2) is 47.4 Å². The van der Waals surface area contributed by atoms with E-state index in [1.165, 1.54) is 25.0 Å². The van der Waals surface area contributed by atoms with Gasteiger partial charge in [0, 0.05) is 29.9 Å². The zero-order valence-electron chi connectivity index (χ0n) is 16.5. The van der Waals surface area contributed by atoms with Gasteiger partial charge in [-0.05, 0) is 62.1 Å². The van der Waals surface area contributed by atoms with Crippen LogP contribution in [-0.2, 0) is 0 Å². The van der Waals surface area contributed by atoms with Crippen molar-refractivity contribution < 1.29 is 13.9 Å². The molecule has 5 nitrogen and oxygen atoms in total. The quantitative estimate of drug-likeness (QED) is 0.677. The molecule has 29 heavy (non-hydrogen) atoms. The van der Waals surface area contributed by atoms with Crippen LogP contribution in [0.5, 0.6) is 11.5 Å². The van der Waals surface area contributed by atoms with E-state index < -0.39 is 0 Å². The number of aromatic nitrogens is 2. The molecule has 2 aromatic carbocycles. The Labute approximate surface area is 169 Å². The number of rotatable bonds is 6. The predicted molar refractivity (Wildman–Crippen MR) is 109 cm³/mol. The Bertz CT molecular complexity index is 991. The third kappa shape index (κ3) is 3.46. The SMILES string of the molecule is COc1c[c]ccc1OCCN1C2CCC1CC(c1n[nH]c3cc(F)ccc13)C2. The molecular weight excluding hydrogens is 369 g/mol. The van der Waals surface area contributed by atoms with Gasteiger partial charge in [-0.2, -0.15) is 5.10 Å². The summed E-state index contributed by atoms with van der Waals surface area (Å²) in [5.74, 6) is 1.68. The molecule has 0 spiro atoms. The number of nitrogens with zero attached hydrogens (tertiary/aromatic N) is 2. The van der Waals surface area contributed by atoms with Gasteiger partial charge < -0.3 is 9.47 Å². The number of benzene rings is 2. The summed E-state index contributed by atoms with van der Waals surface area (Å²) in [6.07, 6.45) is 4.64. The molecule has 2 atom stereocenters. The van der Waals surface area contributed by atoms with Gasteiger partial charge in [0.2, 0.25) is 0 Å². The second-order valence-corrected chi connectivity index (χ2v) is 8.02. The zero-order chi connectivity index (χ0) is 19.8. The van der Waals surface area contributed by atoms with Gasteiger partial charge in [0.25, 0.3) is 0 Å². The van der Waals surface area contributed by atoms with Gasteiger partial charge in [-0.3, -0.25) is 10.00 Å². The molecule has 1 aromatic heterocycles. The first-order valence-corrected chi connectivity index (χ1v) is 10.3. The van der Waals surface area contributed by atoms with Crippen molar-refractivity contribution in [1.82, 2.24) is 15.1 Å². The lowest BCUT2D eigenvalue weighted by molar-refractivity contribution is 0.104. The molecule has 6 heteroatoms. The van der Waals surface area contributed by atoms with Crippen LogP contribution in [0.1, 0.15) is 37.3 Å². The molecule has 2 saturated heterocycles. The lowest BCUT2D eigenvalue weighted by Gasteiger charge is -2.38. The number of hydrogen-bond acceptors (Lipinski definition) is 4. The van der Waals surface area contributed by atoms with E-state index in [1.54, 1.807) is 13.2 Å². The molecule has 0 aliphatic carbocycles. The third-order valence-corrected chi connectivity index (χ3v) is 6.44. The Balaban J connectivity index is 1.24. The maximum absolute atomic E-state index is 13.5. The van der Waals surface area contributed by atoms with E-state index in [0.717, 1.165) is 47.5 Å². The van der Waals surface area contributed by atoms with Crippen molar-refractivity contribution in [3.8, 4) is 11.5 Å². The molecule has 151 valence electrons. The number of methoxy groups -OCH3 is 1. The number of piperidine rings is 1. The summed E-state index contributed by atoms with van der Waals surface area (Å²) in [6.45, 7) is 1.55. The average Bonchev–Trinajstić information content (AvgIpc) is 3.25. The molecule has 2 aliphatic rings. The third-order valence-electron chi connectivity index (χ3n) is 6.44. The van der Waals surface area contributed by atoms with Crippen LogP contribution in [0.4, 0.5) is 4.39 Å². The van der Waals surface area contributed by atoms with E-state index in [0.29, 0.717) is 24.6 Å². The Morgan fingerprint density at radius 3 is 2.83 bits per heavy atom. The summed E-state index contributed by atoms with van der Waals surface area (Å²) in [5.41, 5.74) is 1.88. The van der Waals surface area contributed by atoms with Gasteiger partial charge >= 0.3 is 0 Å². The van der Waals surface area contributed by atoms with Crippen molar-refractivity contribution in [3.05, 3.63) is 54.0 Å². The highest BCUT2D eigenvalue weighted by Gasteiger charge is 2.41. The fraction of sp³-hybridized carbons (Fsp3) is 0.435. The van der Waals surface area contributed by atoms with Gasteiger partial charge in [0.1, 0.15) is 12.4 Å². The first kappa shape index (κ1) is 18.4. The highest BCUT2D eigenvalue weighted by molar-refractivity contribution is 5.81. The van der Waals surface area contributed by atoms with Gasteiger partial charge in [-0.15, -0.1) is 0 Å². The Morgan fingerprint density at radius 2 is 2.03 bits per heavy atom. The number of nitrogens with one attached hydrogen (secondary N) is 1. The molecule has 0 amide bonds. The van der Waals surface area contributed by atoms with Crippen molar-refractivity contribution in [3.63, 3.8) is 0 Å². The number of halogens is 1. The maximum atomic E-state index is 13.5. The Morgan fingerprint density at radius 1 is 1.21 bits per heavy atom. The molecule has 1 N–H and O–H groups in total. The van der Waals surface area contributed by atoms with Crippen molar-refractivity contribution in [1.29, 1.82) is 0 Å². The van der Waals surface area contributed by atoms with E-state index in [-0.39, 0.29) is 5.82 Å². The minimum Gasteiger partial charge on any atom is -0.493 e. The monoisotopic (exact) mass is 394 g/mol. The summed E-state index contributed by atoms with van der Waals surface area (Å²) in [5, 5.41) is 8.62. The lowest BCUT2D eigenvalue weighted by atomic mass is 9.87. The number of aromatic amines is 1. The molecule has 3 aromatic rings. The van der Waals surface area contributed by atoms with Gasteiger partial charge in [-0.25, -0.2) is 4.39 Å². The predicted octanol–water partition coefficient (Wildman–Crippen LogP) is 4.30. The zero-order valence-corrected chi connectivity index (χ0v) is 16.5. The first-order chi connectivity index (χ1) is 14.2. The maximum Gasteiger partial charge on any atom is 0.161 e. The Kier molecular flexibility index (Phi) is 4.87. The van der Waals surface area contributed by atoms with Gasteiger partial charge in [-0.1, -0.05) is 6.07 Å². The van der Waals surface area contributed by atoms with Crippen LogP contribution in [0.3, 0.4) is 0 Å². The van der Waals surface area contributed by atoms with Crippen molar-refractivity contribution in [2.45, 2.75) is 43.7 Å². The molecule has 3 heterocycles. The van der Waals surface area contributed by atoms with Crippen molar-refractivity contribution in [2.24, 2.45) is 0 Å². The first-order valence-electron chi connectivity index (χ1n) is 10.3. The molecular formula is C23H25FN3O2. The van der Waals surface area contributed by atoms with Crippen LogP contribution in [0.2, 0.25) is 0 Å². The van der Waals surface area contributed by atoms with Crippen LogP contribution in [0.15, 0.2) is 36.4 Å². The molecule has 2 aliphatic heterocycles. The highest BCUT2D eigenvalue weighted by Crippen LogP contribution is 2.43. The van der Waals surface area contributed by atoms with E-state index in [9.17, 15) is 4.39 Å². The van der Waals surface area contributed by atoms with Crippen LogP contribution < -0.4 is 9.47 Å². The fourth-order valence-electron chi connectivity index (χ4n) is 5.13. The van der Waals surface area contributed by atoms with Gasteiger partial charge in [0.05, 0.1) is 18.3 Å². The topological polar surface area (TPSA) is 50.4 Å². The second-order valence-electron chi connectivity index (χ2n) is 8.02. The number of ether oxygens (including phenoxy) is 2. The van der Waals surface area contributed by atoms with Gasteiger partial charge in [0.15, 0.2) is 11.5 Å². The van der Waals surface area contributed by atoms with Crippen molar-refractivity contribution in [2.75, 3.05) is 20.3 Å². The van der Waals surface area contributed by atoms with Crippen LogP contribution >= 0.6 is 0 Å². The summed E-state index contributed by atoms with van der Waals surface area (Å²) in [6, 6.07) is 14.6. The minimum atomic E-state index is -0.226. The van der Waals surface area contributed by atoms with Crippen LogP contribution in [0, 0.1) is 11.9 Å². The largest absolute Gasteiger partial charge is 0.493 e. The number of H-pyrrole nitrogens is 1. The average molecular weight is 394 g/mol. The van der Waals surface area contributed by atoms with E-state index in [2.05, 4.69) is 21.2 Å². The fourth-order valence-corrected chi connectivity index (χ4v) is 5.13. The molecule has 2 bridgehead atoms. The number of fused-ring (bicyclic) bond motifs is 3. The normalized spacial score (nSPS) is 24.1. The van der Waals surface area contributed by atoms with Crippen LogP contribution in [0.25, 0.3) is 10.9 Å². The molecule has 1 radical (unpaired) electrons. The summed E-state index contributed by atoms with van der Waals surface area (Å²) < 4.78 is 24.8. The lowest BCUT2D eigenvalue weighted by Crippen LogP contribution is -2.44. The van der Waals surface area contributed by atoms with E-state index in [1.807, 2.05) is 18.2 Å². The van der Waals surface area contributed by atoms with E-state index in [4.69, 9.17) is 9.47 Å². The standard InChI is InChI=1S/C23H25FN3O2/c1-28-21-4-2-3-5-22(21)29-11-10-27-17-7-8-18(27)13-15(12-17)23-19-9-6-16(24)14-20(19)25-26-23/h3-6,9,14-15,17-18H,7-8,10-13H2,1H3,(H,25,26). The summed E-state index contributed by atoms with van der Waals surface area (Å²) >= 11 is 0. The molecule has 2 unspecified atom stereocenters. The summed E-state index contributed by atoms with van der Waals surface area (Å²) in [4.78, 5) is 2.60. The number of hydrogen-bond donors (Lipinski definition) is 1. The second kappa shape index (κ2) is 7.67. The molecule has 0 saturated carbocycles. The highest BCUT2D eigenvalue weighted by atomic mass is 19.1. The smallest absolute Gasteiger partial charge is 0.161 e. The van der Waals surface area contributed by atoms with E-state index >= 15 is 0 Å². The Hall–Kier alpha value is -2.60.